The summed E-state index contributed by atoms with van der Waals surface area (Å²) in [5.74, 6) is -0.959. The van der Waals surface area contributed by atoms with E-state index in [1.54, 1.807) is 32.2 Å². The van der Waals surface area contributed by atoms with Gasteiger partial charge >= 0.3 is 6.18 Å². The Balaban J connectivity index is 1.94. The van der Waals surface area contributed by atoms with E-state index in [0.717, 1.165) is 0 Å². The van der Waals surface area contributed by atoms with Crippen LogP contribution in [-0.4, -0.2) is 58.3 Å². The number of carbonyl (C=O) groups is 1. The minimum Gasteiger partial charge on any atom is -0.340 e. The number of pyridine rings is 1. The first kappa shape index (κ1) is 18.3. The quantitative estimate of drug-likeness (QED) is 0.884. The van der Waals surface area contributed by atoms with Crippen LogP contribution in [-0.2, 0) is 10.2 Å². The molecule has 1 unspecified atom stereocenters. The molecule has 1 amide bonds. The number of nitrogens with one attached hydrogen (secondary N) is 1. The lowest BCUT2D eigenvalue weighted by Crippen LogP contribution is -2.48. The molecule has 140 valence electrons. The number of hydrogen-bond donors (Lipinski definition) is 1. The summed E-state index contributed by atoms with van der Waals surface area (Å²) in [6, 6.07) is 4.34. The van der Waals surface area contributed by atoms with Gasteiger partial charge in [-0.3, -0.25) is 9.78 Å². The van der Waals surface area contributed by atoms with Crippen molar-refractivity contribution in [1.82, 2.24) is 25.3 Å². The van der Waals surface area contributed by atoms with Crippen LogP contribution in [0.25, 0.3) is 11.5 Å². The van der Waals surface area contributed by atoms with Crippen molar-refractivity contribution < 1.29 is 22.5 Å². The second-order valence-electron chi connectivity index (χ2n) is 6.24. The van der Waals surface area contributed by atoms with Crippen LogP contribution in [0.3, 0.4) is 0 Å². The molecule has 2 atom stereocenters. The van der Waals surface area contributed by atoms with Crippen LogP contribution in [0, 0.1) is 0 Å². The Morgan fingerprint density at radius 1 is 1.42 bits per heavy atom. The van der Waals surface area contributed by atoms with Gasteiger partial charge in [0.25, 0.3) is 0 Å². The van der Waals surface area contributed by atoms with E-state index in [1.165, 1.54) is 11.1 Å². The lowest BCUT2D eigenvalue weighted by atomic mass is 9.86. The molecule has 2 aromatic rings. The molecular weight excluding hydrogens is 351 g/mol. The van der Waals surface area contributed by atoms with E-state index in [9.17, 15) is 18.0 Å². The van der Waals surface area contributed by atoms with Gasteiger partial charge in [-0.05, 0) is 32.5 Å². The van der Waals surface area contributed by atoms with E-state index in [1.807, 2.05) is 0 Å². The van der Waals surface area contributed by atoms with Crippen molar-refractivity contribution in [3.05, 3.63) is 30.3 Å². The Morgan fingerprint density at radius 2 is 2.19 bits per heavy atom. The van der Waals surface area contributed by atoms with Crippen LogP contribution >= 0.6 is 0 Å². The first-order valence-electron chi connectivity index (χ1n) is 8.07. The minimum atomic E-state index is -4.64. The van der Waals surface area contributed by atoms with Gasteiger partial charge in [0, 0.05) is 19.3 Å². The summed E-state index contributed by atoms with van der Waals surface area (Å²) in [5.41, 5.74) is -2.06. The van der Waals surface area contributed by atoms with Gasteiger partial charge in [0.05, 0.1) is 6.04 Å². The van der Waals surface area contributed by atoms with Crippen LogP contribution in [0.5, 0.6) is 0 Å². The Bertz CT molecular complexity index is 780. The molecule has 0 aliphatic carbocycles. The summed E-state index contributed by atoms with van der Waals surface area (Å²) in [5, 5.41) is 6.39. The Kier molecular flexibility index (Phi) is 4.70. The molecule has 3 rings (SSSR count). The highest BCUT2D eigenvalue weighted by atomic mass is 19.4. The maximum Gasteiger partial charge on any atom is 0.405 e. The molecule has 1 aliphatic rings. The topological polar surface area (TPSA) is 84.2 Å². The van der Waals surface area contributed by atoms with Gasteiger partial charge in [-0.25, -0.2) is 0 Å². The van der Waals surface area contributed by atoms with E-state index < -0.39 is 36.0 Å². The second-order valence-corrected chi connectivity index (χ2v) is 6.24. The number of rotatable bonds is 4. The smallest absolute Gasteiger partial charge is 0.340 e. The zero-order chi connectivity index (χ0) is 18.9. The van der Waals surface area contributed by atoms with Crippen LogP contribution < -0.4 is 5.32 Å². The van der Waals surface area contributed by atoms with Crippen molar-refractivity contribution in [2.45, 2.75) is 31.0 Å². The SMILES string of the molecule is CN[C@@H](C)C(=O)N1CCC(c2nc(-c3ccccn3)no2)(C(F)(F)F)C1. The molecule has 0 radical (unpaired) electrons. The zero-order valence-electron chi connectivity index (χ0n) is 14.2. The molecule has 0 spiro atoms. The van der Waals surface area contributed by atoms with Crippen LogP contribution in [0.4, 0.5) is 13.2 Å². The number of nitrogens with zero attached hydrogens (tertiary/aromatic N) is 4. The highest BCUT2D eigenvalue weighted by Crippen LogP contribution is 2.47. The molecule has 1 saturated heterocycles. The fourth-order valence-electron chi connectivity index (χ4n) is 2.94. The monoisotopic (exact) mass is 369 g/mol. The van der Waals surface area contributed by atoms with Crippen LogP contribution in [0.1, 0.15) is 19.2 Å². The number of likely N-dealkylation sites (tertiary alicyclic amines) is 1. The molecule has 26 heavy (non-hydrogen) atoms. The van der Waals surface area contributed by atoms with Crippen LogP contribution in [0.15, 0.2) is 28.9 Å². The molecule has 1 N–H and O–H groups in total. The summed E-state index contributed by atoms with van der Waals surface area (Å²) < 4.78 is 46.8. The second kappa shape index (κ2) is 6.67. The highest BCUT2D eigenvalue weighted by molar-refractivity contribution is 5.82. The molecule has 0 saturated carbocycles. The number of alkyl halides is 3. The van der Waals surface area contributed by atoms with E-state index >= 15 is 0 Å². The average molecular weight is 369 g/mol. The van der Waals surface area contributed by atoms with Gasteiger partial charge in [0.15, 0.2) is 5.41 Å². The van der Waals surface area contributed by atoms with Crippen LogP contribution in [0.2, 0.25) is 0 Å². The van der Waals surface area contributed by atoms with Crippen molar-refractivity contribution in [2.75, 3.05) is 20.1 Å². The van der Waals surface area contributed by atoms with Gasteiger partial charge in [-0.1, -0.05) is 11.2 Å². The highest BCUT2D eigenvalue weighted by Gasteiger charge is 2.63. The van der Waals surface area contributed by atoms with Gasteiger partial charge in [-0.2, -0.15) is 18.2 Å². The van der Waals surface area contributed by atoms with E-state index in [0.29, 0.717) is 5.69 Å². The molecule has 10 heteroatoms. The van der Waals surface area contributed by atoms with E-state index in [-0.39, 0.29) is 18.8 Å². The number of halogens is 3. The van der Waals surface area contributed by atoms with E-state index in [4.69, 9.17) is 4.52 Å². The summed E-state index contributed by atoms with van der Waals surface area (Å²) in [6.45, 7) is 1.01. The maximum atomic E-state index is 13.9. The Labute approximate surface area is 147 Å². The third-order valence-electron chi connectivity index (χ3n) is 4.66. The van der Waals surface area contributed by atoms with Gasteiger partial charge in [-0.15, -0.1) is 0 Å². The molecule has 7 nitrogen and oxygen atoms in total. The molecular formula is C16H18F3N5O2. The molecule has 0 aromatic carbocycles. The molecule has 2 aromatic heterocycles. The molecule has 3 heterocycles. The van der Waals surface area contributed by atoms with Crippen molar-refractivity contribution in [3.8, 4) is 11.5 Å². The minimum absolute atomic E-state index is 0.0161. The lowest BCUT2D eigenvalue weighted by molar-refractivity contribution is -0.194. The first-order valence-corrected chi connectivity index (χ1v) is 8.07. The van der Waals surface area contributed by atoms with E-state index in [2.05, 4.69) is 20.4 Å². The molecule has 1 fully saturated rings. The lowest BCUT2D eigenvalue weighted by Gasteiger charge is -2.28. The summed E-state index contributed by atoms with van der Waals surface area (Å²) in [4.78, 5) is 21.4. The standard InChI is InChI=1S/C16H18F3N5O2/c1-10(20-2)13(25)24-8-6-15(9-24,16(17,18)19)14-22-12(23-26-14)11-5-3-4-7-21-11/h3-5,7,10,20H,6,8-9H2,1-2H3/t10-,15?/m0/s1. The Hall–Kier alpha value is -2.49. The predicted octanol–water partition coefficient (Wildman–Crippen LogP) is 1.77. The zero-order valence-corrected chi connectivity index (χ0v) is 14.2. The third-order valence-corrected chi connectivity index (χ3v) is 4.66. The Morgan fingerprint density at radius 3 is 2.81 bits per heavy atom. The number of hydrogen-bond acceptors (Lipinski definition) is 6. The fourth-order valence-corrected chi connectivity index (χ4v) is 2.94. The molecule has 0 bridgehead atoms. The maximum absolute atomic E-state index is 13.9. The normalized spacial score (nSPS) is 21.8. The first-order chi connectivity index (χ1) is 12.3. The van der Waals surface area contributed by atoms with Crippen molar-refractivity contribution in [1.29, 1.82) is 0 Å². The fraction of sp³-hybridized carbons (Fsp3) is 0.500. The number of aromatic nitrogens is 3. The van der Waals surface area contributed by atoms with Gasteiger partial charge in [0.1, 0.15) is 5.69 Å². The third kappa shape index (κ3) is 3.05. The van der Waals surface area contributed by atoms with Gasteiger partial charge in [0.2, 0.25) is 17.6 Å². The predicted molar refractivity (Wildman–Crippen MR) is 85.0 cm³/mol. The van der Waals surface area contributed by atoms with Gasteiger partial charge < -0.3 is 14.7 Å². The van der Waals surface area contributed by atoms with Crippen molar-refractivity contribution >= 4 is 5.91 Å². The summed E-state index contributed by atoms with van der Waals surface area (Å²) in [7, 11) is 1.58. The average Bonchev–Trinajstić information content (AvgIpc) is 3.28. The molecule has 1 aliphatic heterocycles. The van der Waals surface area contributed by atoms with Crippen molar-refractivity contribution in [3.63, 3.8) is 0 Å². The number of amides is 1. The number of carbonyl (C=O) groups excluding carboxylic acids is 1. The largest absolute Gasteiger partial charge is 0.405 e. The number of likely N-dealkylation sites (N-methyl/N-ethyl adjacent to an activating group) is 1. The summed E-state index contributed by atoms with van der Waals surface area (Å²) >= 11 is 0. The van der Waals surface area contributed by atoms with Crippen molar-refractivity contribution in [2.24, 2.45) is 0 Å². The summed E-state index contributed by atoms with van der Waals surface area (Å²) in [6.07, 6.45) is -3.48.